The molecule has 0 unspecified atom stereocenters. The van der Waals surface area contributed by atoms with Gasteiger partial charge in [0.1, 0.15) is 0 Å². The van der Waals surface area contributed by atoms with Gasteiger partial charge < -0.3 is 10.2 Å². The Morgan fingerprint density at radius 1 is 1.04 bits per heavy atom. The van der Waals surface area contributed by atoms with Crippen molar-refractivity contribution in [1.29, 1.82) is 0 Å². The van der Waals surface area contributed by atoms with E-state index in [0.29, 0.717) is 22.2 Å². The Balaban J connectivity index is 1.52. The molecule has 2 aromatic carbocycles. The van der Waals surface area contributed by atoms with Crippen molar-refractivity contribution in [3.8, 4) is 0 Å². The summed E-state index contributed by atoms with van der Waals surface area (Å²) in [5, 5.41) is 3.80. The molecule has 3 rings (SSSR count). The van der Waals surface area contributed by atoms with Crippen LogP contribution in [0.4, 0.5) is 5.69 Å². The third-order valence-corrected chi connectivity index (χ3v) is 4.84. The molecule has 0 bridgehead atoms. The van der Waals surface area contributed by atoms with Crippen molar-refractivity contribution in [2.45, 2.75) is 19.3 Å². The van der Waals surface area contributed by atoms with Crippen molar-refractivity contribution in [2.24, 2.45) is 0 Å². The Morgan fingerprint density at radius 2 is 1.75 bits per heavy atom. The Labute approximate surface area is 152 Å². The SMILES string of the molecule is O=C(NCCc1ccc(N2CCCC2)cc1)c1cc(Cl)ccc1Cl. The zero-order chi connectivity index (χ0) is 16.9. The first-order chi connectivity index (χ1) is 11.6. The van der Waals surface area contributed by atoms with E-state index >= 15 is 0 Å². The maximum absolute atomic E-state index is 12.2. The number of nitrogens with zero attached hydrogens (tertiary/aromatic N) is 1. The summed E-state index contributed by atoms with van der Waals surface area (Å²) < 4.78 is 0. The first-order valence-corrected chi connectivity index (χ1v) is 8.96. The number of nitrogens with one attached hydrogen (secondary N) is 1. The molecule has 1 heterocycles. The second-order valence-corrected chi connectivity index (χ2v) is 6.83. The Hall–Kier alpha value is -1.71. The summed E-state index contributed by atoms with van der Waals surface area (Å²) in [6, 6.07) is 13.5. The highest BCUT2D eigenvalue weighted by atomic mass is 35.5. The van der Waals surface area contributed by atoms with E-state index in [1.165, 1.54) is 24.1 Å². The number of anilines is 1. The van der Waals surface area contributed by atoms with Gasteiger partial charge in [-0.05, 0) is 55.2 Å². The van der Waals surface area contributed by atoms with Crippen LogP contribution in [-0.2, 0) is 6.42 Å². The minimum Gasteiger partial charge on any atom is -0.372 e. The normalized spacial score (nSPS) is 14.0. The molecule has 2 aromatic rings. The van der Waals surface area contributed by atoms with Crippen molar-refractivity contribution in [2.75, 3.05) is 24.5 Å². The zero-order valence-electron chi connectivity index (χ0n) is 13.4. The summed E-state index contributed by atoms with van der Waals surface area (Å²) >= 11 is 12.0. The molecule has 1 amide bonds. The van der Waals surface area contributed by atoms with Gasteiger partial charge in [-0.25, -0.2) is 0 Å². The van der Waals surface area contributed by atoms with Crippen LogP contribution in [0.15, 0.2) is 42.5 Å². The van der Waals surface area contributed by atoms with E-state index in [1.54, 1.807) is 18.2 Å². The fraction of sp³-hybridized carbons (Fsp3) is 0.316. The van der Waals surface area contributed by atoms with Crippen LogP contribution in [0.25, 0.3) is 0 Å². The molecule has 0 aromatic heterocycles. The summed E-state index contributed by atoms with van der Waals surface area (Å²) in [5.74, 6) is -0.198. The number of halogens is 2. The molecule has 0 aliphatic carbocycles. The maximum Gasteiger partial charge on any atom is 0.252 e. The van der Waals surface area contributed by atoms with Gasteiger partial charge in [-0.3, -0.25) is 4.79 Å². The number of benzene rings is 2. The van der Waals surface area contributed by atoms with E-state index in [4.69, 9.17) is 23.2 Å². The molecule has 1 fully saturated rings. The molecule has 0 saturated carbocycles. The molecule has 5 heteroatoms. The average Bonchev–Trinajstić information content (AvgIpc) is 3.12. The average molecular weight is 363 g/mol. The van der Waals surface area contributed by atoms with Crippen LogP contribution in [0.2, 0.25) is 10.0 Å². The zero-order valence-corrected chi connectivity index (χ0v) is 14.9. The fourth-order valence-corrected chi connectivity index (χ4v) is 3.31. The van der Waals surface area contributed by atoms with Crippen LogP contribution >= 0.6 is 23.2 Å². The number of rotatable bonds is 5. The molecule has 0 spiro atoms. The largest absolute Gasteiger partial charge is 0.372 e. The molecule has 3 nitrogen and oxygen atoms in total. The van der Waals surface area contributed by atoms with Crippen LogP contribution < -0.4 is 10.2 Å². The first kappa shape index (κ1) is 17.1. The van der Waals surface area contributed by atoms with Crippen molar-refractivity contribution in [3.63, 3.8) is 0 Å². The van der Waals surface area contributed by atoms with Gasteiger partial charge in [-0.15, -0.1) is 0 Å². The lowest BCUT2D eigenvalue weighted by atomic mass is 10.1. The van der Waals surface area contributed by atoms with Crippen LogP contribution in [0.5, 0.6) is 0 Å². The van der Waals surface area contributed by atoms with Crippen molar-refractivity contribution in [3.05, 3.63) is 63.6 Å². The maximum atomic E-state index is 12.2. The van der Waals surface area contributed by atoms with Gasteiger partial charge in [0, 0.05) is 30.3 Å². The van der Waals surface area contributed by atoms with Gasteiger partial charge in [0.15, 0.2) is 0 Å². The first-order valence-electron chi connectivity index (χ1n) is 8.20. The third kappa shape index (κ3) is 4.22. The van der Waals surface area contributed by atoms with Crippen LogP contribution in [-0.4, -0.2) is 25.5 Å². The van der Waals surface area contributed by atoms with E-state index in [9.17, 15) is 4.79 Å². The molecule has 1 aliphatic heterocycles. The molecule has 0 radical (unpaired) electrons. The number of amides is 1. The smallest absolute Gasteiger partial charge is 0.252 e. The molecule has 1 saturated heterocycles. The number of carbonyl (C=O) groups excluding carboxylic acids is 1. The molecule has 1 aliphatic rings. The molecular formula is C19H20Cl2N2O. The van der Waals surface area contributed by atoms with Gasteiger partial charge in [0.2, 0.25) is 0 Å². The summed E-state index contributed by atoms with van der Waals surface area (Å²) in [6.45, 7) is 2.86. The second-order valence-electron chi connectivity index (χ2n) is 5.99. The van der Waals surface area contributed by atoms with E-state index in [1.807, 2.05) is 0 Å². The summed E-state index contributed by atoms with van der Waals surface area (Å²) in [6.07, 6.45) is 3.34. The summed E-state index contributed by atoms with van der Waals surface area (Å²) in [5.41, 5.74) is 2.90. The Morgan fingerprint density at radius 3 is 2.46 bits per heavy atom. The predicted molar refractivity (Wildman–Crippen MR) is 100 cm³/mol. The fourth-order valence-electron chi connectivity index (χ4n) is 2.94. The van der Waals surface area contributed by atoms with Crippen LogP contribution in [0, 0.1) is 0 Å². The number of hydrogen-bond donors (Lipinski definition) is 1. The second kappa shape index (κ2) is 7.91. The standard InChI is InChI=1S/C19H20Cl2N2O/c20-15-5-8-18(21)17(13-15)19(24)22-10-9-14-3-6-16(7-4-14)23-11-1-2-12-23/h3-8,13H,1-2,9-12H2,(H,22,24). The van der Waals surface area contributed by atoms with Gasteiger partial charge in [-0.2, -0.15) is 0 Å². The Bertz CT molecular complexity index is 710. The molecule has 24 heavy (non-hydrogen) atoms. The molecular weight excluding hydrogens is 343 g/mol. The quantitative estimate of drug-likeness (QED) is 0.844. The van der Waals surface area contributed by atoms with Gasteiger partial charge in [0.05, 0.1) is 10.6 Å². The highest BCUT2D eigenvalue weighted by Gasteiger charge is 2.12. The van der Waals surface area contributed by atoms with Crippen LogP contribution in [0.1, 0.15) is 28.8 Å². The Kier molecular flexibility index (Phi) is 5.64. The van der Waals surface area contributed by atoms with Crippen LogP contribution in [0.3, 0.4) is 0 Å². The van der Waals surface area contributed by atoms with E-state index in [-0.39, 0.29) is 5.91 Å². The van der Waals surface area contributed by atoms with Gasteiger partial charge >= 0.3 is 0 Å². The van der Waals surface area contributed by atoms with E-state index in [2.05, 4.69) is 34.5 Å². The molecule has 0 atom stereocenters. The summed E-state index contributed by atoms with van der Waals surface area (Å²) in [7, 11) is 0. The number of carbonyl (C=O) groups is 1. The third-order valence-electron chi connectivity index (χ3n) is 4.28. The molecule has 126 valence electrons. The monoisotopic (exact) mass is 362 g/mol. The molecule has 1 N–H and O–H groups in total. The topological polar surface area (TPSA) is 32.3 Å². The summed E-state index contributed by atoms with van der Waals surface area (Å²) in [4.78, 5) is 14.6. The van der Waals surface area contributed by atoms with Crippen molar-refractivity contribution in [1.82, 2.24) is 5.32 Å². The van der Waals surface area contributed by atoms with E-state index in [0.717, 1.165) is 19.5 Å². The van der Waals surface area contributed by atoms with E-state index < -0.39 is 0 Å². The minimum atomic E-state index is -0.198. The highest BCUT2D eigenvalue weighted by molar-refractivity contribution is 6.35. The lowest BCUT2D eigenvalue weighted by Crippen LogP contribution is -2.26. The van der Waals surface area contributed by atoms with Gasteiger partial charge in [0.25, 0.3) is 5.91 Å². The highest BCUT2D eigenvalue weighted by Crippen LogP contribution is 2.21. The van der Waals surface area contributed by atoms with Gasteiger partial charge in [-0.1, -0.05) is 35.3 Å². The minimum absolute atomic E-state index is 0.198. The predicted octanol–water partition coefficient (Wildman–Crippen LogP) is 4.57. The van der Waals surface area contributed by atoms with Crippen molar-refractivity contribution >= 4 is 34.8 Å². The van der Waals surface area contributed by atoms with Crippen molar-refractivity contribution < 1.29 is 4.79 Å². The lowest BCUT2D eigenvalue weighted by molar-refractivity contribution is 0.0954. The lowest BCUT2D eigenvalue weighted by Gasteiger charge is -2.17. The number of hydrogen-bond acceptors (Lipinski definition) is 2.